The molecule has 110 valence electrons. The van der Waals surface area contributed by atoms with Gasteiger partial charge in [0.05, 0.1) is 13.7 Å². The van der Waals surface area contributed by atoms with E-state index in [2.05, 4.69) is 10.6 Å². The maximum absolute atomic E-state index is 11.8. The van der Waals surface area contributed by atoms with Gasteiger partial charge in [-0.1, -0.05) is 26.7 Å². The number of hydrogen-bond donors (Lipinski definition) is 2. The van der Waals surface area contributed by atoms with E-state index in [1.165, 1.54) is 20.0 Å². The van der Waals surface area contributed by atoms with Crippen LogP contribution in [0.25, 0.3) is 0 Å². The minimum absolute atomic E-state index is 0.0374. The third-order valence-electron chi connectivity index (χ3n) is 3.42. The van der Waals surface area contributed by atoms with Crippen molar-refractivity contribution in [2.45, 2.75) is 58.0 Å². The first-order chi connectivity index (χ1) is 9.02. The molecule has 1 amide bonds. The van der Waals surface area contributed by atoms with Crippen molar-refractivity contribution in [3.63, 3.8) is 0 Å². The molecule has 5 heteroatoms. The number of carbonyl (C=O) groups is 2. The van der Waals surface area contributed by atoms with Crippen LogP contribution in [-0.2, 0) is 14.3 Å². The van der Waals surface area contributed by atoms with Crippen LogP contribution in [0.1, 0.15) is 46.0 Å². The summed E-state index contributed by atoms with van der Waals surface area (Å²) in [6, 6.07) is -0.0877. The van der Waals surface area contributed by atoms with Crippen molar-refractivity contribution in [2.75, 3.05) is 13.7 Å². The zero-order valence-electron chi connectivity index (χ0n) is 12.2. The second kappa shape index (κ2) is 8.15. The van der Waals surface area contributed by atoms with Crippen LogP contribution in [0, 0.1) is 5.92 Å². The zero-order chi connectivity index (χ0) is 14.3. The molecule has 1 rings (SSSR count). The van der Waals surface area contributed by atoms with Gasteiger partial charge in [0.1, 0.15) is 6.04 Å². The monoisotopic (exact) mass is 270 g/mol. The maximum atomic E-state index is 11.8. The molecule has 2 N–H and O–H groups in total. The summed E-state index contributed by atoms with van der Waals surface area (Å²) in [7, 11) is 1.37. The third kappa shape index (κ3) is 6.05. The summed E-state index contributed by atoms with van der Waals surface area (Å²) in [5.74, 6) is 0.0291. The summed E-state index contributed by atoms with van der Waals surface area (Å²) >= 11 is 0. The molecule has 0 aliphatic heterocycles. The Kier molecular flexibility index (Phi) is 6.84. The van der Waals surface area contributed by atoms with Crippen molar-refractivity contribution in [1.82, 2.24) is 10.6 Å². The smallest absolute Gasteiger partial charge is 0.322 e. The van der Waals surface area contributed by atoms with Crippen LogP contribution < -0.4 is 10.6 Å². The molecule has 0 aromatic carbocycles. The highest BCUT2D eigenvalue weighted by Gasteiger charge is 2.22. The largest absolute Gasteiger partial charge is 0.468 e. The molecule has 1 unspecified atom stereocenters. The fourth-order valence-electron chi connectivity index (χ4n) is 2.44. The Morgan fingerprint density at radius 2 is 1.89 bits per heavy atom. The Labute approximate surface area is 115 Å². The molecule has 19 heavy (non-hydrogen) atoms. The van der Waals surface area contributed by atoms with E-state index in [1.54, 1.807) is 0 Å². The van der Waals surface area contributed by atoms with Crippen molar-refractivity contribution < 1.29 is 14.3 Å². The van der Waals surface area contributed by atoms with Crippen LogP contribution in [0.15, 0.2) is 0 Å². The second-order valence-electron chi connectivity index (χ2n) is 5.64. The molecule has 0 aromatic heterocycles. The van der Waals surface area contributed by atoms with E-state index < -0.39 is 6.04 Å². The van der Waals surface area contributed by atoms with Crippen LogP contribution in [0.4, 0.5) is 0 Å². The molecule has 5 nitrogen and oxygen atoms in total. The molecule has 0 heterocycles. The lowest BCUT2D eigenvalue weighted by Gasteiger charge is -2.19. The molecule has 0 aromatic rings. The number of hydrogen-bond acceptors (Lipinski definition) is 4. The van der Waals surface area contributed by atoms with Gasteiger partial charge < -0.3 is 10.1 Å². The molecule has 0 saturated heterocycles. The van der Waals surface area contributed by atoms with Crippen molar-refractivity contribution in [2.24, 2.45) is 5.92 Å². The van der Waals surface area contributed by atoms with Gasteiger partial charge in [-0.05, 0) is 25.2 Å². The Hall–Kier alpha value is -1.10. The van der Waals surface area contributed by atoms with E-state index in [4.69, 9.17) is 4.74 Å². The van der Waals surface area contributed by atoms with Gasteiger partial charge in [0, 0.05) is 6.04 Å². The van der Waals surface area contributed by atoms with E-state index in [1.807, 2.05) is 13.8 Å². The van der Waals surface area contributed by atoms with Gasteiger partial charge in [-0.2, -0.15) is 0 Å². The normalized spacial score (nSPS) is 17.5. The molecule has 1 aliphatic carbocycles. The fourth-order valence-corrected chi connectivity index (χ4v) is 2.44. The van der Waals surface area contributed by atoms with Crippen LogP contribution in [-0.4, -0.2) is 37.6 Å². The van der Waals surface area contributed by atoms with Crippen LogP contribution in [0.3, 0.4) is 0 Å². The van der Waals surface area contributed by atoms with Gasteiger partial charge in [-0.15, -0.1) is 0 Å². The Morgan fingerprint density at radius 1 is 1.26 bits per heavy atom. The van der Waals surface area contributed by atoms with Crippen molar-refractivity contribution in [3.05, 3.63) is 0 Å². The zero-order valence-corrected chi connectivity index (χ0v) is 12.2. The SMILES string of the molecule is COC(=O)C(CC(C)C)NCC(=O)NC1CCCC1. The highest BCUT2D eigenvalue weighted by Crippen LogP contribution is 2.17. The quantitative estimate of drug-likeness (QED) is 0.683. The maximum Gasteiger partial charge on any atom is 0.322 e. The van der Waals surface area contributed by atoms with E-state index >= 15 is 0 Å². The summed E-state index contributed by atoms with van der Waals surface area (Å²) in [5.41, 5.74) is 0. The second-order valence-corrected chi connectivity index (χ2v) is 5.64. The number of amides is 1. The molecular weight excluding hydrogens is 244 g/mol. The van der Waals surface area contributed by atoms with Crippen LogP contribution >= 0.6 is 0 Å². The van der Waals surface area contributed by atoms with Crippen LogP contribution in [0.2, 0.25) is 0 Å². The number of nitrogens with one attached hydrogen (secondary N) is 2. The van der Waals surface area contributed by atoms with Crippen LogP contribution in [0.5, 0.6) is 0 Å². The van der Waals surface area contributed by atoms with Gasteiger partial charge in [0.2, 0.25) is 5.91 Å². The number of rotatable bonds is 7. The van der Waals surface area contributed by atoms with Gasteiger partial charge in [0.15, 0.2) is 0 Å². The average molecular weight is 270 g/mol. The predicted molar refractivity (Wildman–Crippen MR) is 73.7 cm³/mol. The summed E-state index contributed by atoms with van der Waals surface area (Å²) in [6.45, 7) is 4.25. The predicted octanol–water partition coefficient (Wildman–Crippen LogP) is 1.22. The summed E-state index contributed by atoms with van der Waals surface area (Å²) in [6.07, 6.45) is 5.19. The standard InChI is InChI=1S/C14H26N2O3/c1-10(2)8-12(14(18)19-3)15-9-13(17)16-11-6-4-5-7-11/h10-12,15H,4-9H2,1-3H3,(H,16,17). The lowest BCUT2D eigenvalue weighted by molar-refractivity contribution is -0.143. The van der Waals surface area contributed by atoms with Gasteiger partial charge in [0.25, 0.3) is 0 Å². The minimum Gasteiger partial charge on any atom is -0.468 e. The summed E-state index contributed by atoms with van der Waals surface area (Å²) < 4.78 is 4.75. The van der Waals surface area contributed by atoms with E-state index in [0.717, 1.165) is 12.8 Å². The van der Waals surface area contributed by atoms with Gasteiger partial charge >= 0.3 is 5.97 Å². The molecular formula is C14H26N2O3. The number of esters is 1. The molecule has 1 saturated carbocycles. The Morgan fingerprint density at radius 3 is 2.42 bits per heavy atom. The molecule has 0 spiro atoms. The number of carbonyl (C=O) groups excluding carboxylic acids is 2. The average Bonchev–Trinajstić information content (AvgIpc) is 2.85. The molecule has 0 bridgehead atoms. The molecule has 1 fully saturated rings. The van der Waals surface area contributed by atoms with E-state index in [9.17, 15) is 9.59 Å². The first kappa shape index (κ1) is 16.0. The highest BCUT2D eigenvalue weighted by atomic mass is 16.5. The fraction of sp³-hybridized carbons (Fsp3) is 0.857. The number of ether oxygens (including phenoxy) is 1. The first-order valence-corrected chi connectivity index (χ1v) is 7.13. The highest BCUT2D eigenvalue weighted by molar-refractivity contribution is 5.80. The Balaban J connectivity index is 2.33. The van der Waals surface area contributed by atoms with E-state index in [-0.39, 0.29) is 18.4 Å². The van der Waals surface area contributed by atoms with Crippen molar-refractivity contribution in [1.29, 1.82) is 0 Å². The first-order valence-electron chi connectivity index (χ1n) is 7.13. The summed E-state index contributed by atoms with van der Waals surface area (Å²) in [5, 5.41) is 5.98. The number of methoxy groups -OCH3 is 1. The third-order valence-corrected chi connectivity index (χ3v) is 3.42. The summed E-state index contributed by atoms with van der Waals surface area (Å²) in [4.78, 5) is 23.4. The topological polar surface area (TPSA) is 67.4 Å². The van der Waals surface area contributed by atoms with Gasteiger partial charge in [-0.25, -0.2) is 0 Å². The molecule has 1 atom stereocenters. The van der Waals surface area contributed by atoms with Crippen molar-refractivity contribution >= 4 is 11.9 Å². The lowest BCUT2D eigenvalue weighted by Crippen LogP contribution is -2.46. The van der Waals surface area contributed by atoms with E-state index in [0.29, 0.717) is 18.4 Å². The minimum atomic E-state index is -0.403. The molecule has 0 radical (unpaired) electrons. The van der Waals surface area contributed by atoms with Gasteiger partial charge in [-0.3, -0.25) is 14.9 Å². The lowest BCUT2D eigenvalue weighted by atomic mass is 10.0. The molecule has 1 aliphatic rings. The Bertz CT molecular complexity index is 299. The van der Waals surface area contributed by atoms with Crippen molar-refractivity contribution in [3.8, 4) is 0 Å².